The molecule has 0 amide bonds. The van der Waals surface area contributed by atoms with Crippen LogP contribution < -0.4 is 0 Å². The maximum atomic E-state index is 5.89. The van der Waals surface area contributed by atoms with Gasteiger partial charge in [-0.05, 0) is 30.7 Å². The normalized spacial score (nSPS) is 9.00. The molecule has 0 saturated carbocycles. The summed E-state index contributed by atoms with van der Waals surface area (Å²) in [6, 6.07) is 9.95. The summed E-state index contributed by atoms with van der Waals surface area (Å²) >= 11 is 5.89. The standard InChI is InChI=1S/C12H12ClN.2C2H6/c1-2-3-11-6-4-9-8-10(13)5-7-12(9)14-11;2*1-2/h4-8H,2-3H2,1H3;2*1-2H3. The van der Waals surface area contributed by atoms with Crippen LogP contribution in [0.25, 0.3) is 10.9 Å². The van der Waals surface area contributed by atoms with Crippen LogP contribution in [0.5, 0.6) is 0 Å². The molecule has 0 aliphatic heterocycles. The molecule has 100 valence electrons. The van der Waals surface area contributed by atoms with Crippen molar-refractivity contribution < 1.29 is 0 Å². The lowest BCUT2D eigenvalue weighted by Gasteiger charge is -2.01. The van der Waals surface area contributed by atoms with Crippen LogP contribution in [0.1, 0.15) is 46.7 Å². The van der Waals surface area contributed by atoms with Crippen LogP contribution in [-0.2, 0) is 6.42 Å². The molecule has 0 atom stereocenters. The number of hydrogen-bond donors (Lipinski definition) is 0. The van der Waals surface area contributed by atoms with Crippen molar-refractivity contribution in [1.82, 2.24) is 4.98 Å². The van der Waals surface area contributed by atoms with E-state index >= 15 is 0 Å². The van der Waals surface area contributed by atoms with Crippen LogP contribution in [0.15, 0.2) is 30.3 Å². The van der Waals surface area contributed by atoms with Gasteiger partial charge >= 0.3 is 0 Å². The third-order valence-corrected chi connectivity index (χ3v) is 2.45. The molecule has 18 heavy (non-hydrogen) atoms. The van der Waals surface area contributed by atoms with E-state index in [0.717, 1.165) is 34.5 Å². The highest BCUT2D eigenvalue weighted by atomic mass is 35.5. The number of benzene rings is 1. The molecule has 1 aromatic carbocycles. The molecule has 0 fully saturated rings. The Labute approximate surface area is 116 Å². The van der Waals surface area contributed by atoms with Crippen molar-refractivity contribution >= 4 is 22.5 Å². The van der Waals surface area contributed by atoms with E-state index in [9.17, 15) is 0 Å². The van der Waals surface area contributed by atoms with Gasteiger partial charge in [-0.25, -0.2) is 0 Å². The van der Waals surface area contributed by atoms with E-state index in [1.807, 2.05) is 45.9 Å². The SMILES string of the molecule is CC.CC.CCCc1ccc2cc(Cl)ccc2n1. The minimum Gasteiger partial charge on any atom is -0.253 e. The molecule has 0 bridgehead atoms. The Morgan fingerprint density at radius 1 is 1.00 bits per heavy atom. The fraction of sp³-hybridized carbons (Fsp3) is 0.438. The Morgan fingerprint density at radius 3 is 2.28 bits per heavy atom. The highest BCUT2D eigenvalue weighted by molar-refractivity contribution is 6.31. The number of aryl methyl sites for hydroxylation is 1. The van der Waals surface area contributed by atoms with Gasteiger partial charge in [0.1, 0.15) is 0 Å². The summed E-state index contributed by atoms with van der Waals surface area (Å²) in [5.41, 5.74) is 2.18. The first-order chi connectivity index (χ1) is 8.79. The number of nitrogens with zero attached hydrogens (tertiary/aromatic N) is 1. The molecule has 2 rings (SSSR count). The van der Waals surface area contributed by atoms with E-state index < -0.39 is 0 Å². The Kier molecular flexibility index (Phi) is 9.31. The highest BCUT2D eigenvalue weighted by Gasteiger charge is 1.98. The van der Waals surface area contributed by atoms with Gasteiger partial charge in [0.2, 0.25) is 0 Å². The van der Waals surface area contributed by atoms with Crippen molar-refractivity contribution in [3.8, 4) is 0 Å². The van der Waals surface area contributed by atoms with E-state index in [-0.39, 0.29) is 0 Å². The summed E-state index contributed by atoms with van der Waals surface area (Å²) in [4.78, 5) is 4.55. The first kappa shape index (κ1) is 16.9. The monoisotopic (exact) mass is 265 g/mol. The maximum absolute atomic E-state index is 5.89. The third kappa shape index (κ3) is 5.05. The second-order valence-electron chi connectivity index (χ2n) is 3.39. The fourth-order valence-corrected chi connectivity index (χ4v) is 1.71. The first-order valence-electron chi connectivity index (χ1n) is 6.85. The summed E-state index contributed by atoms with van der Waals surface area (Å²) in [7, 11) is 0. The molecular weight excluding hydrogens is 242 g/mol. The lowest BCUT2D eigenvalue weighted by molar-refractivity contribution is 0.890. The molecular formula is C16H24ClN. The zero-order chi connectivity index (χ0) is 14.0. The van der Waals surface area contributed by atoms with Crippen molar-refractivity contribution in [1.29, 1.82) is 0 Å². The predicted molar refractivity (Wildman–Crippen MR) is 83.4 cm³/mol. The van der Waals surface area contributed by atoms with Crippen LogP contribution in [0.4, 0.5) is 0 Å². The second kappa shape index (κ2) is 9.90. The van der Waals surface area contributed by atoms with Crippen LogP contribution in [0.3, 0.4) is 0 Å². The topological polar surface area (TPSA) is 12.9 Å². The molecule has 0 N–H and O–H groups in total. The smallest absolute Gasteiger partial charge is 0.0706 e. The summed E-state index contributed by atoms with van der Waals surface area (Å²) in [5.74, 6) is 0. The molecule has 0 aliphatic rings. The molecule has 1 aromatic heterocycles. The highest BCUT2D eigenvalue weighted by Crippen LogP contribution is 2.18. The van der Waals surface area contributed by atoms with Crippen LogP contribution >= 0.6 is 11.6 Å². The Bertz CT molecular complexity index is 452. The van der Waals surface area contributed by atoms with E-state index in [2.05, 4.69) is 24.0 Å². The fourth-order valence-electron chi connectivity index (χ4n) is 1.53. The van der Waals surface area contributed by atoms with Gasteiger partial charge in [-0.1, -0.05) is 58.7 Å². The molecule has 2 aromatic rings. The quantitative estimate of drug-likeness (QED) is 0.659. The summed E-state index contributed by atoms with van der Waals surface area (Å²) in [5, 5.41) is 1.87. The molecule has 0 spiro atoms. The Balaban J connectivity index is 0.000000659. The minimum atomic E-state index is 0.766. The number of rotatable bonds is 2. The summed E-state index contributed by atoms with van der Waals surface area (Å²) in [6.45, 7) is 10.2. The molecule has 0 radical (unpaired) electrons. The summed E-state index contributed by atoms with van der Waals surface area (Å²) < 4.78 is 0. The van der Waals surface area contributed by atoms with Gasteiger partial charge in [-0.2, -0.15) is 0 Å². The van der Waals surface area contributed by atoms with Crippen molar-refractivity contribution in [2.75, 3.05) is 0 Å². The van der Waals surface area contributed by atoms with E-state index in [1.54, 1.807) is 0 Å². The van der Waals surface area contributed by atoms with E-state index in [0.29, 0.717) is 0 Å². The molecule has 0 saturated heterocycles. The first-order valence-corrected chi connectivity index (χ1v) is 7.22. The van der Waals surface area contributed by atoms with Crippen molar-refractivity contribution in [3.63, 3.8) is 0 Å². The zero-order valence-electron chi connectivity index (χ0n) is 12.1. The average molecular weight is 266 g/mol. The van der Waals surface area contributed by atoms with Crippen molar-refractivity contribution in [3.05, 3.63) is 41.0 Å². The number of fused-ring (bicyclic) bond motifs is 1. The average Bonchev–Trinajstić information content (AvgIpc) is 2.44. The van der Waals surface area contributed by atoms with Gasteiger partial charge in [0.25, 0.3) is 0 Å². The van der Waals surface area contributed by atoms with Gasteiger partial charge in [0, 0.05) is 16.1 Å². The second-order valence-corrected chi connectivity index (χ2v) is 3.83. The molecule has 1 heterocycles. The van der Waals surface area contributed by atoms with Crippen molar-refractivity contribution in [2.24, 2.45) is 0 Å². The van der Waals surface area contributed by atoms with Crippen molar-refractivity contribution in [2.45, 2.75) is 47.5 Å². The van der Waals surface area contributed by atoms with E-state index in [4.69, 9.17) is 11.6 Å². The molecule has 0 aliphatic carbocycles. The van der Waals surface area contributed by atoms with Crippen LogP contribution in [0.2, 0.25) is 5.02 Å². The van der Waals surface area contributed by atoms with Gasteiger partial charge < -0.3 is 0 Å². The largest absolute Gasteiger partial charge is 0.253 e. The minimum absolute atomic E-state index is 0.766. The van der Waals surface area contributed by atoms with Gasteiger partial charge in [0.05, 0.1) is 5.52 Å². The molecule has 2 heteroatoms. The predicted octanol–water partition coefficient (Wildman–Crippen LogP) is 5.89. The van der Waals surface area contributed by atoms with E-state index in [1.165, 1.54) is 0 Å². The van der Waals surface area contributed by atoms with Gasteiger partial charge in [-0.15, -0.1) is 0 Å². The summed E-state index contributed by atoms with van der Waals surface area (Å²) in [6.07, 6.45) is 2.17. The molecule has 0 unspecified atom stereocenters. The third-order valence-electron chi connectivity index (χ3n) is 2.22. The lowest BCUT2D eigenvalue weighted by atomic mass is 10.1. The van der Waals surface area contributed by atoms with Crippen LogP contribution in [0, 0.1) is 0 Å². The van der Waals surface area contributed by atoms with Crippen LogP contribution in [-0.4, -0.2) is 4.98 Å². The Hall–Kier alpha value is -1.08. The number of halogens is 1. The zero-order valence-corrected chi connectivity index (χ0v) is 12.9. The maximum Gasteiger partial charge on any atom is 0.0706 e. The number of hydrogen-bond acceptors (Lipinski definition) is 1. The van der Waals surface area contributed by atoms with Gasteiger partial charge in [-0.3, -0.25) is 4.98 Å². The Morgan fingerprint density at radius 2 is 1.67 bits per heavy atom. The number of aromatic nitrogens is 1. The van der Waals surface area contributed by atoms with Gasteiger partial charge in [0.15, 0.2) is 0 Å². The lowest BCUT2D eigenvalue weighted by Crippen LogP contribution is -1.89. The molecule has 1 nitrogen and oxygen atoms in total. The number of pyridine rings is 1.